The number of nitrogens with one attached hydrogen (secondary N) is 2. The Morgan fingerprint density at radius 1 is 1.22 bits per heavy atom. The van der Waals surface area contributed by atoms with Crippen molar-refractivity contribution in [1.29, 1.82) is 0 Å². The Bertz CT molecular complexity index is 333. The highest BCUT2D eigenvalue weighted by Gasteiger charge is 2.00. The van der Waals surface area contributed by atoms with Gasteiger partial charge in [0.15, 0.2) is 0 Å². The minimum atomic E-state index is -1.35. The molecule has 0 spiro atoms. The number of carboxylic acid groups (broad SMARTS) is 1. The molecular weight excluding hydrogens is 254 g/mol. The summed E-state index contributed by atoms with van der Waals surface area (Å²) in [4.78, 5) is 20.0. The maximum atomic E-state index is 10.3. The van der Waals surface area contributed by atoms with Gasteiger partial charge in [0.2, 0.25) is 0 Å². The van der Waals surface area contributed by atoms with Crippen molar-refractivity contribution in [3.63, 3.8) is 0 Å². The summed E-state index contributed by atoms with van der Waals surface area (Å²) in [6, 6.07) is 9.05. The molecular formula is C11H15N3O3S. The van der Waals surface area contributed by atoms with Crippen molar-refractivity contribution in [2.24, 2.45) is 0 Å². The van der Waals surface area contributed by atoms with Gasteiger partial charge in [0.25, 0.3) is 0 Å². The van der Waals surface area contributed by atoms with Gasteiger partial charge in [-0.25, -0.2) is 19.3 Å². The Morgan fingerprint density at radius 2 is 1.89 bits per heavy atom. The minimum Gasteiger partial charge on any atom is -0.465 e. The van der Waals surface area contributed by atoms with Gasteiger partial charge >= 0.3 is 12.1 Å². The van der Waals surface area contributed by atoms with Crippen molar-refractivity contribution in [2.45, 2.75) is 6.92 Å². The molecule has 0 saturated heterocycles. The Hall–Kier alpha value is -2.15. The van der Waals surface area contributed by atoms with Crippen molar-refractivity contribution in [2.75, 3.05) is 6.54 Å². The van der Waals surface area contributed by atoms with E-state index in [9.17, 15) is 9.59 Å². The lowest BCUT2D eigenvalue weighted by Gasteiger charge is -1.97. The average molecular weight is 269 g/mol. The van der Waals surface area contributed by atoms with Crippen LogP contribution in [0, 0.1) is 0 Å². The summed E-state index contributed by atoms with van der Waals surface area (Å²) in [5.41, 5.74) is 0. The van der Waals surface area contributed by atoms with Gasteiger partial charge in [0.05, 0.1) is 0 Å². The lowest BCUT2D eigenvalue weighted by Crippen LogP contribution is -2.38. The highest BCUT2D eigenvalue weighted by Crippen LogP contribution is 1.83. The second kappa shape index (κ2) is 11.3. The monoisotopic (exact) mass is 269 g/mol. The van der Waals surface area contributed by atoms with Crippen LogP contribution in [0.25, 0.3) is 0 Å². The summed E-state index contributed by atoms with van der Waals surface area (Å²) in [5.74, 6) is 0. The van der Waals surface area contributed by atoms with Crippen LogP contribution in [0.3, 0.4) is 0 Å². The van der Waals surface area contributed by atoms with Gasteiger partial charge < -0.3 is 10.4 Å². The number of amides is 3. The van der Waals surface area contributed by atoms with Crippen molar-refractivity contribution in [3.8, 4) is 0 Å². The van der Waals surface area contributed by atoms with E-state index in [1.807, 2.05) is 35.7 Å². The first-order valence-electron chi connectivity index (χ1n) is 5.12. The molecule has 1 rings (SSSR count). The highest BCUT2D eigenvalue weighted by atomic mass is 32.1. The first kappa shape index (κ1) is 15.9. The van der Waals surface area contributed by atoms with Crippen molar-refractivity contribution in [3.05, 3.63) is 41.9 Å². The molecule has 0 bridgehead atoms. The molecule has 0 aliphatic rings. The molecule has 0 fully saturated rings. The summed E-state index contributed by atoms with van der Waals surface area (Å²) in [7, 11) is 0. The molecule has 0 aromatic carbocycles. The molecule has 98 valence electrons. The first-order valence-corrected chi connectivity index (χ1v) is 5.96. The molecule has 1 heterocycles. The van der Waals surface area contributed by atoms with Crippen LogP contribution in [0.2, 0.25) is 0 Å². The van der Waals surface area contributed by atoms with Crippen LogP contribution >= 0.6 is 11.5 Å². The van der Waals surface area contributed by atoms with E-state index in [4.69, 9.17) is 5.11 Å². The molecule has 0 aliphatic heterocycles. The van der Waals surface area contributed by atoms with Crippen molar-refractivity contribution in [1.82, 2.24) is 15.0 Å². The maximum Gasteiger partial charge on any atom is 0.412 e. The number of nitrogens with zero attached hydrogens (tertiary/aromatic N) is 1. The number of carbonyl (C=O) groups excluding carboxylic acids is 1. The van der Waals surface area contributed by atoms with E-state index in [1.54, 1.807) is 18.4 Å². The number of carbonyl (C=O) groups is 2. The molecule has 1 aromatic rings. The van der Waals surface area contributed by atoms with E-state index in [0.717, 1.165) is 0 Å². The molecule has 0 aliphatic carbocycles. The standard InChI is InChI=1S/C7H7NS.C4H8N2O3/c1-2-4-6-8-9-7-5-3-1;1-2-5-3(7)6-4(8)9/h1-7H;2H2,1H3,(H,8,9)(H2,5,6,7). The number of hydrogen-bond acceptors (Lipinski definition) is 4. The summed E-state index contributed by atoms with van der Waals surface area (Å²) >= 11 is 1.43. The highest BCUT2D eigenvalue weighted by molar-refractivity contribution is 7.03. The van der Waals surface area contributed by atoms with Gasteiger partial charge in [-0.15, -0.1) is 0 Å². The maximum absolute atomic E-state index is 10.3. The van der Waals surface area contributed by atoms with Crippen LogP contribution in [-0.4, -0.2) is 28.1 Å². The number of imide groups is 1. The fourth-order valence-corrected chi connectivity index (χ4v) is 1.10. The quantitative estimate of drug-likeness (QED) is 0.729. The molecule has 0 atom stereocenters. The first-order chi connectivity index (χ1) is 8.66. The molecule has 3 N–H and O–H groups in total. The van der Waals surface area contributed by atoms with Crippen molar-refractivity contribution >= 4 is 23.7 Å². The molecule has 18 heavy (non-hydrogen) atoms. The smallest absolute Gasteiger partial charge is 0.412 e. The van der Waals surface area contributed by atoms with E-state index in [0.29, 0.717) is 6.54 Å². The number of hydrogen-bond donors (Lipinski definition) is 3. The second-order valence-electron chi connectivity index (χ2n) is 2.75. The Labute approximate surface area is 109 Å². The van der Waals surface area contributed by atoms with E-state index < -0.39 is 12.1 Å². The van der Waals surface area contributed by atoms with Crippen molar-refractivity contribution < 1.29 is 14.7 Å². The predicted octanol–water partition coefficient (Wildman–Crippen LogP) is 2.25. The lowest BCUT2D eigenvalue weighted by atomic mass is 10.5. The molecule has 6 nitrogen and oxygen atoms in total. The van der Waals surface area contributed by atoms with Gasteiger partial charge in [0, 0.05) is 18.1 Å². The van der Waals surface area contributed by atoms with E-state index in [1.165, 1.54) is 11.5 Å². The molecule has 0 saturated carbocycles. The van der Waals surface area contributed by atoms with Gasteiger partial charge in [-0.1, -0.05) is 24.3 Å². The zero-order valence-corrected chi connectivity index (χ0v) is 10.7. The third-order valence-corrected chi connectivity index (χ3v) is 1.87. The SMILES string of the molecule is CCNC(=O)NC(=O)O.c1cccnsccc1. The fourth-order valence-electron chi connectivity index (χ4n) is 0.730. The van der Waals surface area contributed by atoms with Crippen LogP contribution < -0.4 is 10.6 Å². The summed E-state index contributed by atoms with van der Waals surface area (Å²) in [5, 5.41) is 13.7. The average Bonchev–Trinajstić information content (AvgIpc) is 2.44. The van der Waals surface area contributed by atoms with E-state index in [2.05, 4.69) is 9.69 Å². The third-order valence-electron chi connectivity index (χ3n) is 1.35. The topological polar surface area (TPSA) is 91.3 Å². The molecule has 3 amide bonds. The molecule has 1 aromatic heterocycles. The normalized spacial score (nSPS) is 8.06. The third kappa shape index (κ3) is 11.9. The van der Waals surface area contributed by atoms with Gasteiger partial charge in [0.1, 0.15) is 0 Å². The fraction of sp³-hybridized carbons (Fsp3) is 0.182. The zero-order chi connectivity index (χ0) is 13.6. The summed E-state index contributed by atoms with van der Waals surface area (Å²) < 4.78 is 3.97. The van der Waals surface area contributed by atoms with Crippen LogP contribution in [0.4, 0.5) is 9.59 Å². The predicted molar refractivity (Wildman–Crippen MR) is 70.0 cm³/mol. The van der Waals surface area contributed by atoms with E-state index in [-0.39, 0.29) is 0 Å². The van der Waals surface area contributed by atoms with E-state index >= 15 is 0 Å². The van der Waals surface area contributed by atoms with Gasteiger partial charge in [-0.05, 0) is 24.5 Å². The molecule has 0 radical (unpaired) electrons. The van der Waals surface area contributed by atoms with Gasteiger partial charge in [-0.2, -0.15) is 0 Å². The minimum absolute atomic E-state index is 0.416. The Morgan fingerprint density at radius 3 is 2.56 bits per heavy atom. The number of urea groups is 1. The molecule has 7 heteroatoms. The number of rotatable bonds is 1. The summed E-state index contributed by atoms with van der Waals surface area (Å²) in [6.07, 6.45) is 0.422. The molecule has 0 unspecified atom stereocenters. The second-order valence-corrected chi connectivity index (χ2v) is 3.44. The Balaban J connectivity index is 0.000000321. The number of aromatic nitrogens is 1. The van der Waals surface area contributed by atoms with Crippen LogP contribution in [-0.2, 0) is 0 Å². The van der Waals surface area contributed by atoms with Gasteiger partial charge in [-0.3, -0.25) is 0 Å². The lowest BCUT2D eigenvalue weighted by molar-refractivity contribution is 0.192. The van der Waals surface area contributed by atoms with Crippen LogP contribution in [0.1, 0.15) is 6.92 Å². The van der Waals surface area contributed by atoms with Crippen LogP contribution in [0.5, 0.6) is 0 Å². The Kier molecular flexibility index (Phi) is 9.98. The van der Waals surface area contributed by atoms with Crippen LogP contribution in [0.15, 0.2) is 41.9 Å². The largest absolute Gasteiger partial charge is 0.465 e. The zero-order valence-electron chi connectivity index (χ0n) is 9.87. The summed E-state index contributed by atoms with van der Waals surface area (Å²) in [6.45, 7) is 2.11.